The third kappa shape index (κ3) is 2.40. The Morgan fingerprint density at radius 3 is 2.53 bits per heavy atom. The second-order valence-electron chi connectivity index (χ2n) is 3.83. The molecule has 0 spiro atoms. The Kier molecular flexibility index (Phi) is 3.46. The van der Waals surface area contributed by atoms with Crippen LogP contribution in [-0.4, -0.2) is 18.2 Å². The van der Waals surface area contributed by atoms with E-state index in [2.05, 4.69) is 0 Å². The Morgan fingerprint density at radius 2 is 1.89 bits per heavy atom. The molecule has 0 aliphatic carbocycles. The lowest BCUT2D eigenvalue weighted by atomic mass is 10.0. The zero-order valence-corrected chi connectivity index (χ0v) is 9.98. The van der Waals surface area contributed by atoms with Crippen LogP contribution >= 0.6 is 0 Å². The molecule has 19 heavy (non-hydrogen) atoms. The zero-order chi connectivity index (χ0) is 14.0. The van der Waals surface area contributed by atoms with Gasteiger partial charge in [0, 0.05) is 5.56 Å². The van der Waals surface area contributed by atoms with E-state index in [4.69, 9.17) is 9.84 Å². The van der Waals surface area contributed by atoms with E-state index in [0.717, 1.165) is 6.07 Å². The molecule has 0 heterocycles. The summed E-state index contributed by atoms with van der Waals surface area (Å²) in [5.41, 5.74) is -0.293. The average Bonchev–Trinajstić information content (AvgIpc) is 2.41. The fourth-order valence-electron chi connectivity index (χ4n) is 1.73. The minimum atomic E-state index is -1.51. The Morgan fingerprint density at radius 1 is 1.16 bits per heavy atom. The van der Waals surface area contributed by atoms with Gasteiger partial charge in [-0.1, -0.05) is 18.2 Å². The molecule has 98 valence electrons. The smallest absolute Gasteiger partial charge is 0.338 e. The van der Waals surface area contributed by atoms with Crippen molar-refractivity contribution in [3.8, 4) is 16.9 Å². The highest BCUT2D eigenvalue weighted by Crippen LogP contribution is 2.28. The summed E-state index contributed by atoms with van der Waals surface area (Å²) in [7, 11) is 1.46. The highest BCUT2D eigenvalue weighted by Gasteiger charge is 2.18. The topological polar surface area (TPSA) is 46.5 Å². The molecule has 0 bridgehead atoms. The molecule has 0 saturated heterocycles. The Hall–Kier alpha value is -2.43. The van der Waals surface area contributed by atoms with E-state index in [9.17, 15) is 13.6 Å². The summed E-state index contributed by atoms with van der Waals surface area (Å²) in [6, 6.07) is 8.70. The first-order valence-corrected chi connectivity index (χ1v) is 5.40. The monoisotopic (exact) mass is 264 g/mol. The number of halogens is 2. The molecule has 0 unspecified atom stereocenters. The number of carboxylic acids is 1. The van der Waals surface area contributed by atoms with Gasteiger partial charge in [0.05, 0.1) is 12.7 Å². The fraction of sp³-hybridized carbons (Fsp3) is 0.0714. The summed E-state index contributed by atoms with van der Waals surface area (Å²) in [6.45, 7) is 0. The fourth-order valence-corrected chi connectivity index (χ4v) is 1.73. The van der Waals surface area contributed by atoms with Gasteiger partial charge in [0.25, 0.3) is 0 Å². The number of ether oxygens (including phenoxy) is 1. The van der Waals surface area contributed by atoms with Gasteiger partial charge in [-0.25, -0.2) is 13.6 Å². The molecule has 1 N–H and O–H groups in total. The number of hydrogen-bond acceptors (Lipinski definition) is 2. The zero-order valence-electron chi connectivity index (χ0n) is 9.98. The van der Waals surface area contributed by atoms with Crippen LogP contribution in [0.2, 0.25) is 0 Å². The van der Waals surface area contributed by atoms with Gasteiger partial charge >= 0.3 is 5.97 Å². The number of carboxylic acid groups (broad SMARTS) is 1. The molecular formula is C14H10F2O3. The van der Waals surface area contributed by atoms with Crippen molar-refractivity contribution in [2.24, 2.45) is 0 Å². The predicted molar refractivity (Wildman–Crippen MR) is 65.3 cm³/mol. The summed E-state index contributed by atoms with van der Waals surface area (Å²) in [6.07, 6.45) is 0. The molecule has 0 atom stereocenters. The first-order chi connectivity index (χ1) is 9.04. The van der Waals surface area contributed by atoms with E-state index in [-0.39, 0.29) is 5.56 Å². The van der Waals surface area contributed by atoms with Crippen LogP contribution in [0.5, 0.6) is 5.75 Å². The van der Waals surface area contributed by atoms with E-state index < -0.39 is 23.2 Å². The number of aromatic carboxylic acids is 1. The quantitative estimate of drug-likeness (QED) is 0.924. The van der Waals surface area contributed by atoms with Gasteiger partial charge in [-0.05, 0) is 23.8 Å². The highest BCUT2D eigenvalue weighted by molar-refractivity contribution is 5.88. The summed E-state index contributed by atoms with van der Waals surface area (Å²) >= 11 is 0. The van der Waals surface area contributed by atoms with E-state index in [0.29, 0.717) is 11.3 Å². The maximum Gasteiger partial charge on any atom is 0.338 e. The van der Waals surface area contributed by atoms with Crippen molar-refractivity contribution in [1.82, 2.24) is 0 Å². The standard InChI is InChI=1S/C14H10F2O3/c1-19-9-4-2-3-8(7-9)10-5-6-11(14(17)18)13(16)12(10)15/h2-7H,1H3,(H,17,18). The first-order valence-electron chi connectivity index (χ1n) is 5.40. The number of methoxy groups -OCH3 is 1. The highest BCUT2D eigenvalue weighted by atomic mass is 19.2. The summed E-state index contributed by atoms with van der Waals surface area (Å²) in [5, 5.41) is 8.71. The summed E-state index contributed by atoms with van der Waals surface area (Å²) < 4.78 is 32.5. The van der Waals surface area contributed by atoms with Gasteiger partial charge in [0.2, 0.25) is 0 Å². The second-order valence-corrected chi connectivity index (χ2v) is 3.83. The Bertz CT molecular complexity index is 639. The van der Waals surface area contributed by atoms with Crippen molar-refractivity contribution >= 4 is 5.97 Å². The van der Waals surface area contributed by atoms with Crippen molar-refractivity contribution in [1.29, 1.82) is 0 Å². The molecule has 2 rings (SSSR count). The third-order valence-corrected chi connectivity index (χ3v) is 2.69. The van der Waals surface area contributed by atoms with Gasteiger partial charge in [-0.15, -0.1) is 0 Å². The number of rotatable bonds is 3. The molecule has 0 aliphatic heterocycles. The molecule has 0 aromatic heterocycles. The van der Waals surface area contributed by atoms with Gasteiger partial charge in [0.15, 0.2) is 11.6 Å². The number of carbonyl (C=O) groups is 1. The van der Waals surface area contributed by atoms with E-state index >= 15 is 0 Å². The third-order valence-electron chi connectivity index (χ3n) is 2.69. The van der Waals surface area contributed by atoms with Crippen molar-refractivity contribution in [3.05, 3.63) is 53.6 Å². The molecule has 0 amide bonds. The van der Waals surface area contributed by atoms with Crippen LogP contribution in [0, 0.1) is 11.6 Å². The first kappa shape index (κ1) is 13.0. The predicted octanol–water partition coefficient (Wildman–Crippen LogP) is 3.34. The van der Waals surface area contributed by atoms with Crippen LogP contribution in [0.25, 0.3) is 11.1 Å². The molecule has 2 aromatic rings. The minimum Gasteiger partial charge on any atom is -0.497 e. The van der Waals surface area contributed by atoms with Gasteiger partial charge in [-0.3, -0.25) is 0 Å². The van der Waals surface area contributed by atoms with Gasteiger partial charge in [0.1, 0.15) is 5.75 Å². The van der Waals surface area contributed by atoms with E-state index in [1.54, 1.807) is 18.2 Å². The van der Waals surface area contributed by atoms with Crippen molar-refractivity contribution in [3.63, 3.8) is 0 Å². The number of benzene rings is 2. The average molecular weight is 264 g/mol. The van der Waals surface area contributed by atoms with Crippen molar-refractivity contribution < 1.29 is 23.4 Å². The molecule has 0 radical (unpaired) electrons. The summed E-state index contributed by atoms with van der Waals surface area (Å²) in [5.74, 6) is -3.56. The second kappa shape index (κ2) is 5.06. The van der Waals surface area contributed by atoms with Crippen molar-refractivity contribution in [2.45, 2.75) is 0 Å². The van der Waals surface area contributed by atoms with Gasteiger partial charge < -0.3 is 9.84 Å². The molecule has 0 fully saturated rings. The number of hydrogen-bond donors (Lipinski definition) is 1. The normalized spacial score (nSPS) is 10.3. The maximum absolute atomic E-state index is 13.9. The summed E-state index contributed by atoms with van der Waals surface area (Å²) in [4.78, 5) is 10.7. The molecule has 0 aliphatic rings. The lowest BCUT2D eigenvalue weighted by molar-refractivity contribution is 0.0690. The van der Waals surface area contributed by atoms with E-state index in [1.165, 1.54) is 19.2 Å². The van der Waals surface area contributed by atoms with Gasteiger partial charge in [-0.2, -0.15) is 0 Å². The van der Waals surface area contributed by atoms with E-state index in [1.807, 2.05) is 0 Å². The Balaban J connectivity index is 2.57. The molecule has 2 aromatic carbocycles. The minimum absolute atomic E-state index is 0.0126. The Labute approximate surface area is 108 Å². The molecular weight excluding hydrogens is 254 g/mol. The van der Waals surface area contributed by atoms with Crippen LogP contribution < -0.4 is 4.74 Å². The lowest BCUT2D eigenvalue weighted by Crippen LogP contribution is -2.03. The van der Waals surface area contributed by atoms with Crippen LogP contribution in [0.3, 0.4) is 0 Å². The van der Waals surface area contributed by atoms with Crippen LogP contribution in [0.1, 0.15) is 10.4 Å². The molecule has 3 nitrogen and oxygen atoms in total. The van der Waals surface area contributed by atoms with Crippen molar-refractivity contribution in [2.75, 3.05) is 7.11 Å². The van der Waals surface area contributed by atoms with Crippen LogP contribution in [0.15, 0.2) is 36.4 Å². The molecule has 5 heteroatoms. The maximum atomic E-state index is 13.9. The van der Waals surface area contributed by atoms with Crippen LogP contribution in [0.4, 0.5) is 8.78 Å². The largest absolute Gasteiger partial charge is 0.497 e. The molecule has 0 saturated carbocycles. The lowest BCUT2D eigenvalue weighted by Gasteiger charge is -2.08. The SMILES string of the molecule is COc1cccc(-c2ccc(C(=O)O)c(F)c2F)c1. The van der Waals surface area contributed by atoms with Crippen LogP contribution in [-0.2, 0) is 0 Å².